The molecule has 1 rings (SSSR count). The molecule has 0 unspecified atom stereocenters. The molecule has 0 amide bonds. The molecular weight excluding hydrogens is 226 g/mol. The Morgan fingerprint density at radius 1 is 1.38 bits per heavy atom. The van der Waals surface area contributed by atoms with Gasteiger partial charge in [0.2, 0.25) is 0 Å². The number of aliphatic hydroxyl groups is 1. The predicted molar refractivity (Wildman–Crippen MR) is 65.6 cm³/mol. The van der Waals surface area contributed by atoms with E-state index in [1.807, 2.05) is 0 Å². The van der Waals surface area contributed by atoms with Crippen molar-refractivity contribution < 1.29 is 5.11 Å². The highest BCUT2D eigenvalue weighted by Gasteiger charge is 2.24. The quantitative estimate of drug-likeness (QED) is 0.753. The van der Waals surface area contributed by atoms with Crippen molar-refractivity contribution in [3.05, 3.63) is 17.5 Å². The van der Waals surface area contributed by atoms with Crippen molar-refractivity contribution in [3.8, 4) is 0 Å². The number of nitrogens with one attached hydrogen (secondary N) is 1. The molecule has 0 saturated carbocycles. The van der Waals surface area contributed by atoms with Crippen LogP contribution in [0, 0.1) is 5.41 Å². The maximum atomic E-state index is 9.41. The molecule has 0 saturated heterocycles. The molecule has 0 fully saturated rings. The molecular formula is C11H18ClN3O. The summed E-state index contributed by atoms with van der Waals surface area (Å²) >= 11 is 5.76. The van der Waals surface area contributed by atoms with E-state index in [4.69, 9.17) is 11.6 Å². The Bertz CT molecular complexity index is 320. The van der Waals surface area contributed by atoms with Crippen molar-refractivity contribution in [1.29, 1.82) is 0 Å². The van der Waals surface area contributed by atoms with Crippen molar-refractivity contribution in [2.24, 2.45) is 5.41 Å². The van der Waals surface area contributed by atoms with E-state index in [1.54, 1.807) is 6.07 Å². The topological polar surface area (TPSA) is 58.0 Å². The lowest BCUT2D eigenvalue weighted by molar-refractivity contribution is 0.127. The minimum atomic E-state index is -0.0859. The number of hydrogen-bond acceptors (Lipinski definition) is 4. The minimum absolute atomic E-state index is 0.0859. The summed E-state index contributed by atoms with van der Waals surface area (Å²) in [5, 5.41) is 13.0. The van der Waals surface area contributed by atoms with Gasteiger partial charge in [-0.1, -0.05) is 25.4 Å². The van der Waals surface area contributed by atoms with Gasteiger partial charge in [0.1, 0.15) is 17.3 Å². The molecule has 1 aromatic rings. The first-order valence-electron chi connectivity index (χ1n) is 5.48. The molecule has 0 aliphatic carbocycles. The van der Waals surface area contributed by atoms with Gasteiger partial charge < -0.3 is 10.4 Å². The van der Waals surface area contributed by atoms with Crippen LogP contribution in [0.4, 0.5) is 5.82 Å². The summed E-state index contributed by atoms with van der Waals surface area (Å²) < 4.78 is 0. The lowest BCUT2D eigenvalue weighted by Crippen LogP contribution is -2.32. The lowest BCUT2D eigenvalue weighted by atomic mass is 9.83. The lowest BCUT2D eigenvalue weighted by Gasteiger charge is -2.29. The van der Waals surface area contributed by atoms with Crippen LogP contribution in [0.2, 0.25) is 5.15 Å². The second-order valence-corrected chi connectivity index (χ2v) is 4.33. The van der Waals surface area contributed by atoms with Crippen molar-refractivity contribution in [2.75, 3.05) is 18.5 Å². The Hall–Kier alpha value is -0.870. The van der Waals surface area contributed by atoms with Gasteiger partial charge in [0.05, 0.1) is 6.61 Å². The number of anilines is 1. The van der Waals surface area contributed by atoms with Crippen molar-refractivity contribution >= 4 is 17.4 Å². The monoisotopic (exact) mass is 243 g/mol. The molecule has 0 aliphatic heterocycles. The molecule has 0 atom stereocenters. The number of rotatable bonds is 6. The first-order chi connectivity index (χ1) is 7.65. The van der Waals surface area contributed by atoms with Crippen LogP contribution in [0.1, 0.15) is 26.7 Å². The molecule has 0 radical (unpaired) electrons. The molecule has 5 heteroatoms. The van der Waals surface area contributed by atoms with Crippen molar-refractivity contribution in [3.63, 3.8) is 0 Å². The largest absolute Gasteiger partial charge is 0.396 e. The molecule has 16 heavy (non-hydrogen) atoms. The fraction of sp³-hybridized carbons (Fsp3) is 0.636. The second-order valence-electron chi connectivity index (χ2n) is 3.94. The minimum Gasteiger partial charge on any atom is -0.396 e. The van der Waals surface area contributed by atoms with Crippen molar-refractivity contribution in [1.82, 2.24) is 9.97 Å². The molecule has 4 nitrogen and oxygen atoms in total. The van der Waals surface area contributed by atoms with E-state index in [0.29, 0.717) is 17.5 Å². The summed E-state index contributed by atoms with van der Waals surface area (Å²) in [5.41, 5.74) is -0.0859. The average Bonchev–Trinajstić information content (AvgIpc) is 2.32. The highest BCUT2D eigenvalue weighted by atomic mass is 35.5. The van der Waals surface area contributed by atoms with Crippen LogP contribution in [0.3, 0.4) is 0 Å². The number of nitrogens with zero attached hydrogens (tertiary/aromatic N) is 2. The maximum absolute atomic E-state index is 9.41. The molecule has 2 N–H and O–H groups in total. The third kappa shape index (κ3) is 3.32. The highest BCUT2D eigenvalue weighted by molar-refractivity contribution is 6.29. The molecule has 0 aliphatic rings. The van der Waals surface area contributed by atoms with Crippen LogP contribution in [-0.2, 0) is 0 Å². The Morgan fingerprint density at radius 2 is 2.06 bits per heavy atom. The average molecular weight is 244 g/mol. The fourth-order valence-corrected chi connectivity index (χ4v) is 1.63. The molecule has 1 aromatic heterocycles. The Balaban J connectivity index is 2.62. The molecule has 0 aromatic carbocycles. The van der Waals surface area contributed by atoms with Gasteiger partial charge in [0.25, 0.3) is 0 Å². The summed E-state index contributed by atoms with van der Waals surface area (Å²) in [6, 6.07) is 1.68. The van der Waals surface area contributed by atoms with Gasteiger partial charge in [0.15, 0.2) is 0 Å². The fourth-order valence-electron chi connectivity index (χ4n) is 1.49. The smallest absolute Gasteiger partial charge is 0.134 e. The summed E-state index contributed by atoms with van der Waals surface area (Å²) in [7, 11) is 0. The van der Waals surface area contributed by atoms with E-state index < -0.39 is 0 Å². The zero-order valence-electron chi connectivity index (χ0n) is 9.70. The van der Waals surface area contributed by atoms with E-state index >= 15 is 0 Å². The van der Waals surface area contributed by atoms with Gasteiger partial charge >= 0.3 is 0 Å². The Morgan fingerprint density at radius 3 is 2.56 bits per heavy atom. The van der Waals surface area contributed by atoms with Crippen LogP contribution in [0.5, 0.6) is 0 Å². The third-order valence-corrected chi connectivity index (χ3v) is 3.32. The van der Waals surface area contributed by atoms with Gasteiger partial charge in [-0.25, -0.2) is 9.97 Å². The first-order valence-corrected chi connectivity index (χ1v) is 5.86. The van der Waals surface area contributed by atoms with Gasteiger partial charge in [0, 0.05) is 18.0 Å². The van der Waals surface area contributed by atoms with E-state index in [-0.39, 0.29) is 12.0 Å². The summed E-state index contributed by atoms with van der Waals surface area (Å²) in [4.78, 5) is 7.87. The molecule has 90 valence electrons. The third-order valence-electron chi connectivity index (χ3n) is 3.11. The SMILES string of the molecule is CCC(CC)(CO)CNc1cc(Cl)ncn1. The van der Waals surface area contributed by atoms with Crippen LogP contribution < -0.4 is 5.32 Å². The van der Waals surface area contributed by atoms with Crippen LogP contribution in [-0.4, -0.2) is 28.2 Å². The number of hydrogen-bond donors (Lipinski definition) is 2. The summed E-state index contributed by atoms with van der Waals surface area (Å²) in [6.07, 6.45) is 3.26. The van der Waals surface area contributed by atoms with Gasteiger partial charge in [-0.05, 0) is 12.8 Å². The van der Waals surface area contributed by atoms with Gasteiger partial charge in [-0.15, -0.1) is 0 Å². The number of aromatic nitrogens is 2. The summed E-state index contributed by atoms with van der Waals surface area (Å²) in [5.74, 6) is 0.694. The normalized spacial score (nSPS) is 11.5. The highest BCUT2D eigenvalue weighted by Crippen LogP contribution is 2.25. The summed E-state index contributed by atoms with van der Waals surface area (Å²) in [6.45, 7) is 5.01. The first kappa shape index (κ1) is 13.2. The molecule has 0 bridgehead atoms. The van der Waals surface area contributed by atoms with E-state index in [0.717, 1.165) is 12.8 Å². The zero-order valence-corrected chi connectivity index (χ0v) is 10.5. The van der Waals surface area contributed by atoms with Gasteiger partial charge in [-0.2, -0.15) is 0 Å². The Kier molecular flexibility index (Phi) is 4.96. The van der Waals surface area contributed by atoms with Crippen LogP contribution in [0.15, 0.2) is 12.4 Å². The zero-order chi connectivity index (χ0) is 12.0. The number of aliphatic hydroxyl groups excluding tert-OH is 1. The van der Waals surface area contributed by atoms with E-state index in [2.05, 4.69) is 29.1 Å². The molecule has 1 heterocycles. The standard InChI is InChI=1S/C11H18ClN3O/c1-3-11(4-2,7-16)6-13-10-5-9(12)14-8-15-10/h5,8,16H,3-4,6-7H2,1-2H3,(H,13,14,15). The Labute approximate surface area is 101 Å². The van der Waals surface area contributed by atoms with E-state index in [9.17, 15) is 5.11 Å². The van der Waals surface area contributed by atoms with Crippen molar-refractivity contribution in [2.45, 2.75) is 26.7 Å². The second kappa shape index (κ2) is 6.01. The van der Waals surface area contributed by atoms with Crippen LogP contribution in [0.25, 0.3) is 0 Å². The number of halogens is 1. The maximum Gasteiger partial charge on any atom is 0.134 e. The molecule has 0 spiro atoms. The van der Waals surface area contributed by atoms with Crippen LogP contribution >= 0.6 is 11.6 Å². The predicted octanol–water partition coefficient (Wildman–Crippen LogP) is 2.34. The van der Waals surface area contributed by atoms with E-state index in [1.165, 1.54) is 6.33 Å². The van der Waals surface area contributed by atoms with Gasteiger partial charge in [-0.3, -0.25) is 0 Å².